The maximum atomic E-state index is 12.0. The summed E-state index contributed by atoms with van der Waals surface area (Å²) in [5, 5.41) is 0. The van der Waals surface area contributed by atoms with Crippen molar-refractivity contribution in [3.8, 4) is 11.5 Å². The quantitative estimate of drug-likeness (QED) is 0.740. The third-order valence-electron chi connectivity index (χ3n) is 2.31. The minimum atomic E-state index is -3.93. The molecule has 0 spiro atoms. The molecule has 0 atom stereocenters. The van der Waals surface area contributed by atoms with E-state index in [4.69, 9.17) is 9.47 Å². The number of hydrogen-bond donors (Lipinski definition) is 2. The summed E-state index contributed by atoms with van der Waals surface area (Å²) < 4.78 is 34.0. The molecule has 2 N–H and O–H groups in total. The molecule has 1 aromatic carbocycles. The van der Waals surface area contributed by atoms with Crippen molar-refractivity contribution in [2.45, 2.75) is 18.2 Å². The van der Waals surface area contributed by atoms with Gasteiger partial charge >= 0.3 is 0 Å². The molecule has 0 saturated carbocycles. The first-order valence-corrected chi connectivity index (χ1v) is 6.95. The van der Waals surface area contributed by atoms with Gasteiger partial charge in [-0.2, -0.15) is 0 Å². The zero-order valence-corrected chi connectivity index (χ0v) is 11.7. The van der Waals surface area contributed by atoms with Gasteiger partial charge in [0.05, 0.1) is 14.2 Å². The molecule has 0 unspecified atom stereocenters. The molecule has 8 heteroatoms. The summed E-state index contributed by atoms with van der Waals surface area (Å²) in [7, 11) is -1.15. The van der Waals surface area contributed by atoms with Crippen LogP contribution in [0, 0.1) is 0 Å². The summed E-state index contributed by atoms with van der Waals surface area (Å²) in [4.78, 5) is 12.9. The molecule has 7 nitrogen and oxygen atoms in total. The van der Waals surface area contributed by atoms with Gasteiger partial charge in [-0.1, -0.05) is 6.92 Å². The zero-order valence-electron chi connectivity index (χ0n) is 10.9. The normalized spacial score (nSPS) is 10.9. The molecule has 0 bridgehead atoms. The molecule has 1 aromatic rings. The summed E-state index contributed by atoms with van der Waals surface area (Å²) in [6.07, 6.45) is 0.164. The van der Waals surface area contributed by atoms with E-state index in [9.17, 15) is 13.2 Å². The van der Waals surface area contributed by atoms with E-state index in [1.165, 1.54) is 26.4 Å². The van der Waals surface area contributed by atoms with E-state index < -0.39 is 15.9 Å². The van der Waals surface area contributed by atoms with Crippen LogP contribution in [-0.4, -0.2) is 28.5 Å². The Morgan fingerprint density at radius 2 is 1.95 bits per heavy atom. The van der Waals surface area contributed by atoms with Crippen molar-refractivity contribution >= 4 is 15.9 Å². The van der Waals surface area contributed by atoms with Crippen LogP contribution in [0.2, 0.25) is 0 Å². The molecule has 0 radical (unpaired) electrons. The van der Waals surface area contributed by atoms with Crippen molar-refractivity contribution in [2.75, 3.05) is 14.2 Å². The van der Waals surface area contributed by atoms with Crippen LogP contribution in [0.5, 0.6) is 11.5 Å². The number of methoxy groups -OCH3 is 2. The topological polar surface area (TPSA) is 93.7 Å². The molecular formula is C11H16N2O5S. The van der Waals surface area contributed by atoms with Gasteiger partial charge in [-0.3, -0.25) is 10.2 Å². The first-order valence-electron chi connectivity index (χ1n) is 5.47. The first kappa shape index (κ1) is 15.3. The summed E-state index contributed by atoms with van der Waals surface area (Å²) >= 11 is 0. The van der Waals surface area contributed by atoms with Crippen molar-refractivity contribution in [2.24, 2.45) is 0 Å². The fourth-order valence-electron chi connectivity index (χ4n) is 1.26. The Morgan fingerprint density at radius 3 is 2.47 bits per heavy atom. The van der Waals surface area contributed by atoms with Crippen LogP contribution in [-0.2, 0) is 14.8 Å². The average molecular weight is 288 g/mol. The van der Waals surface area contributed by atoms with E-state index in [2.05, 4.69) is 5.43 Å². The smallest absolute Gasteiger partial charge is 0.261 e. The SMILES string of the molecule is CCC(=O)NNS(=O)(=O)c1cc(OC)ccc1OC. The van der Waals surface area contributed by atoms with E-state index in [1.807, 2.05) is 4.83 Å². The highest BCUT2D eigenvalue weighted by atomic mass is 32.2. The van der Waals surface area contributed by atoms with Crippen LogP contribution in [0.15, 0.2) is 23.1 Å². The Morgan fingerprint density at radius 1 is 1.26 bits per heavy atom. The fourth-order valence-corrected chi connectivity index (χ4v) is 2.31. The highest BCUT2D eigenvalue weighted by Gasteiger charge is 2.20. The fraction of sp³-hybridized carbons (Fsp3) is 0.364. The molecule has 0 aliphatic heterocycles. The number of hydrogen-bond acceptors (Lipinski definition) is 5. The minimum absolute atomic E-state index is 0.120. The number of sulfonamides is 1. The standard InChI is InChI=1S/C11H16N2O5S/c1-4-11(14)12-13-19(15,16)10-7-8(17-2)5-6-9(10)18-3/h5-7,13H,4H2,1-3H3,(H,12,14). The van der Waals surface area contributed by atoms with Gasteiger partial charge in [0, 0.05) is 12.5 Å². The molecular weight excluding hydrogens is 272 g/mol. The number of amides is 1. The van der Waals surface area contributed by atoms with Gasteiger partial charge in [0.25, 0.3) is 10.0 Å². The predicted molar refractivity (Wildman–Crippen MR) is 68.3 cm³/mol. The number of hydrazine groups is 1. The Balaban J connectivity index is 3.08. The van der Waals surface area contributed by atoms with Gasteiger partial charge in [-0.15, -0.1) is 4.83 Å². The van der Waals surface area contributed by atoms with Crippen LogP contribution >= 0.6 is 0 Å². The molecule has 1 amide bonds. The molecule has 19 heavy (non-hydrogen) atoms. The molecule has 0 aliphatic rings. The second-order valence-electron chi connectivity index (χ2n) is 3.52. The zero-order chi connectivity index (χ0) is 14.5. The van der Waals surface area contributed by atoms with Crippen molar-refractivity contribution < 1.29 is 22.7 Å². The Bertz CT molecular complexity index is 556. The summed E-state index contributed by atoms with van der Waals surface area (Å²) in [5.74, 6) is 0.0764. The summed E-state index contributed by atoms with van der Waals surface area (Å²) in [6, 6.07) is 4.34. The second kappa shape index (κ2) is 6.39. The van der Waals surface area contributed by atoms with Crippen LogP contribution in [0.3, 0.4) is 0 Å². The number of carbonyl (C=O) groups excluding carboxylic acids is 1. The average Bonchev–Trinajstić information content (AvgIpc) is 2.43. The second-order valence-corrected chi connectivity index (χ2v) is 5.17. The largest absolute Gasteiger partial charge is 0.497 e. The predicted octanol–water partition coefficient (Wildman–Crippen LogP) is 0.423. The van der Waals surface area contributed by atoms with E-state index in [0.717, 1.165) is 0 Å². The lowest BCUT2D eigenvalue weighted by atomic mass is 10.3. The van der Waals surface area contributed by atoms with Crippen molar-refractivity contribution in [3.05, 3.63) is 18.2 Å². The van der Waals surface area contributed by atoms with E-state index in [1.54, 1.807) is 13.0 Å². The van der Waals surface area contributed by atoms with Gasteiger partial charge in [0.2, 0.25) is 5.91 Å². The van der Waals surface area contributed by atoms with E-state index in [0.29, 0.717) is 5.75 Å². The highest BCUT2D eigenvalue weighted by molar-refractivity contribution is 7.89. The summed E-state index contributed by atoms with van der Waals surface area (Å²) in [6.45, 7) is 1.61. The molecule has 0 aliphatic carbocycles. The maximum Gasteiger partial charge on any atom is 0.261 e. The number of rotatable bonds is 6. The first-order chi connectivity index (χ1) is 8.94. The number of benzene rings is 1. The lowest BCUT2D eigenvalue weighted by Crippen LogP contribution is -2.41. The van der Waals surface area contributed by atoms with Crippen LogP contribution < -0.4 is 19.7 Å². The lowest BCUT2D eigenvalue weighted by molar-refractivity contribution is -0.121. The molecule has 1 rings (SSSR count). The van der Waals surface area contributed by atoms with E-state index >= 15 is 0 Å². The van der Waals surface area contributed by atoms with Crippen LogP contribution in [0.25, 0.3) is 0 Å². The molecule has 0 saturated heterocycles. The van der Waals surface area contributed by atoms with Gasteiger partial charge in [-0.05, 0) is 12.1 Å². The van der Waals surface area contributed by atoms with Crippen molar-refractivity contribution in [1.82, 2.24) is 10.3 Å². The van der Waals surface area contributed by atoms with Crippen molar-refractivity contribution in [3.63, 3.8) is 0 Å². The van der Waals surface area contributed by atoms with E-state index in [-0.39, 0.29) is 17.1 Å². The molecule has 0 fully saturated rings. The van der Waals surface area contributed by atoms with Gasteiger partial charge < -0.3 is 9.47 Å². The van der Waals surface area contributed by atoms with Gasteiger partial charge in [-0.25, -0.2) is 8.42 Å². The number of carbonyl (C=O) groups is 1. The van der Waals surface area contributed by atoms with Gasteiger partial charge in [0.15, 0.2) is 0 Å². The Hall–Kier alpha value is -1.80. The summed E-state index contributed by atoms with van der Waals surface area (Å²) in [5.41, 5.74) is 2.09. The monoisotopic (exact) mass is 288 g/mol. The third kappa shape index (κ3) is 3.83. The third-order valence-corrected chi connectivity index (χ3v) is 3.58. The van der Waals surface area contributed by atoms with Gasteiger partial charge in [0.1, 0.15) is 16.4 Å². The Kier molecular flexibility index (Phi) is 5.13. The molecule has 0 aromatic heterocycles. The Labute approximate surface area is 111 Å². The molecule has 106 valence electrons. The maximum absolute atomic E-state index is 12.0. The lowest BCUT2D eigenvalue weighted by Gasteiger charge is -2.12. The highest BCUT2D eigenvalue weighted by Crippen LogP contribution is 2.27. The number of nitrogens with one attached hydrogen (secondary N) is 2. The van der Waals surface area contributed by atoms with Crippen LogP contribution in [0.1, 0.15) is 13.3 Å². The van der Waals surface area contributed by atoms with Crippen LogP contribution in [0.4, 0.5) is 0 Å². The van der Waals surface area contributed by atoms with Crippen molar-refractivity contribution in [1.29, 1.82) is 0 Å². The minimum Gasteiger partial charge on any atom is -0.497 e. The number of ether oxygens (including phenoxy) is 2. The molecule has 0 heterocycles.